The number of amides is 1. The van der Waals surface area contributed by atoms with Crippen molar-refractivity contribution in [1.82, 2.24) is 0 Å². The highest BCUT2D eigenvalue weighted by Crippen LogP contribution is 2.34. The van der Waals surface area contributed by atoms with Gasteiger partial charge in [0.2, 0.25) is 0 Å². The van der Waals surface area contributed by atoms with Gasteiger partial charge in [0.15, 0.2) is 0 Å². The summed E-state index contributed by atoms with van der Waals surface area (Å²) >= 11 is 0. The van der Waals surface area contributed by atoms with Crippen molar-refractivity contribution in [3.63, 3.8) is 0 Å². The third kappa shape index (κ3) is 4.99. The molecule has 0 unspecified atom stereocenters. The number of nitro groups is 1. The van der Waals surface area contributed by atoms with Crippen LogP contribution in [0.2, 0.25) is 0 Å². The first-order valence-electron chi connectivity index (χ1n) is 10.7. The van der Waals surface area contributed by atoms with Crippen LogP contribution in [0.25, 0.3) is 0 Å². The first-order chi connectivity index (χ1) is 14.3. The molecule has 1 aliphatic carbocycles. The van der Waals surface area contributed by atoms with Crippen LogP contribution in [0.1, 0.15) is 68.8 Å². The molecule has 0 aliphatic heterocycles. The molecule has 0 saturated heterocycles. The van der Waals surface area contributed by atoms with Gasteiger partial charge in [-0.2, -0.15) is 0 Å². The van der Waals surface area contributed by atoms with E-state index in [1.165, 1.54) is 18.1 Å². The van der Waals surface area contributed by atoms with Gasteiger partial charge in [-0.25, -0.2) is 0 Å². The van der Waals surface area contributed by atoms with Gasteiger partial charge in [-0.1, -0.05) is 52.7 Å². The maximum Gasteiger partial charge on any atom is 0.293 e. The Bertz CT molecular complexity index is 908. The van der Waals surface area contributed by atoms with E-state index >= 15 is 0 Å². The second-order valence-corrected chi connectivity index (χ2v) is 8.74. The van der Waals surface area contributed by atoms with E-state index in [4.69, 9.17) is 0 Å². The molecule has 30 heavy (non-hydrogen) atoms. The summed E-state index contributed by atoms with van der Waals surface area (Å²) in [6.07, 6.45) is 3.31. The van der Waals surface area contributed by atoms with Gasteiger partial charge in [0.25, 0.3) is 11.6 Å². The van der Waals surface area contributed by atoms with Crippen LogP contribution in [0.5, 0.6) is 0 Å². The van der Waals surface area contributed by atoms with Gasteiger partial charge in [0.1, 0.15) is 5.69 Å². The summed E-state index contributed by atoms with van der Waals surface area (Å²) < 4.78 is 0. The Morgan fingerprint density at radius 1 is 1.10 bits per heavy atom. The first-order valence-corrected chi connectivity index (χ1v) is 10.7. The lowest BCUT2D eigenvalue weighted by atomic mass is 9.78. The average molecular weight is 410 g/mol. The minimum atomic E-state index is -0.423. The maximum atomic E-state index is 12.6. The van der Waals surface area contributed by atoms with E-state index in [-0.39, 0.29) is 23.2 Å². The number of nitro benzene ring substituents is 1. The monoisotopic (exact) mass is 409 g/mol. The Kier molecular flexibility index (Phi) is 6.75. The standard InChI is InChI=1S/C24H31N3O3/c1-15(2)18-8-11-20(12-9-18)25-24(28)19-10-13-22(23(14-19)27(29)30)26-21-7-5-6-16(3)17(21)4/h8-17,21,26H,5-7H2,1-4H3,(H,25,28)/t16-,17+,21-/m1/s1. The molecule has 0 aromatic heterocycles. The number of rotatable bonds is 6. The topological polar surface area (TPSA) is 84.3 Å². The molecule has 3 atom stereocenters. The van der Waals surface area contributed by atoms with Crippen molar-refractivity contribution < 1.29 is 9.72 Å². The van der Waals surface area contributed by atoms with Crippen LogP contribution in [0.3, 0.4) is 0 Å². The lowest BCUT2D eigenvalue weighted by Gasteiger charge is -2.35. The number of carbonyl (C=O) groups excluding carboxylic acids is 1. The summed E-state index contributed by atoms with van der Waals surface area (Å²) in [5, 5.41) is 17.9. The maximum absolute atomic E-state index is 12.6. The number of benzene rings is 2. The van der Waals surface area contributed by atoms with E-state index in [0.717, 1.165) is 12.8 Å². The zero-order valence-electron chi connectivity index (χ0n) is 18.1. The Morgan fingerprint density at radius 2 is 1.80 bits per heavy atom. The molecule has 2 aromatic carbocycles. The zero-order valence-corrected chi connectivity index (χ0v) is 18.1. The van der Waals surface area contributed by atoms with Gasteiger partial charge in [-0.15, -0.1) is 0 Å². The van der Waals surface area contributed by atoms with Gasteiger partial charge in [-0.3, -0.25) is 14.9 Å². The Labute approximate surface area is 178 Å². The van der Waals surface area contributed by atoms with E-state index in [9.17, 15) is 14.9 Å². The highest BCUT2D eigenvalue weighted by molar-refractivity contribution is 6.05. The van der Waals surface area contributed by atoms with Crippen LogP contribution in [-0.2, 0) is 0 Å². The van der Waals surface area contributed by atoms with Crippen molar-refractivity contribution in [2.24, 2.45) is 11.8 Å². The Hall–Kier alpha value is -2.89. The fraction of sp³-hybridized carbons (Fsp3) is 0.458. The fourth-order valence-electron chi connectivity index (χ4n) is 4.09. The first kappa shape index (κ1) is 21.8. The van der Waals surface area contributed by atoms with Crippen molar-refractivity contribution in [3.05, 3.63) is 63.7 Å². The summed E-state index contributed by atoms with van der Waals surface area (Å²) in [5.74, 6) is 1.08. The van der Waals surface area contributed by atoms with Crippen molar-refractivity contribution in [2.45, 2.75) is 58.9 Å². The van der Waals surface area contributed by atoms with Gasteiger partial charge in [0, 0.05) is 23.4 Å². The normalized spacial score (nSPS) is 21.3. The van der Waals surface area contributed by atoms with E-state index in [1.54, 1.807) is 12.1 Å². The number of nitrogens with one attached hydrogen (secondary N) is 2. The third-order valence-electron chi connectivity index (χ3n) is 6.34. The van der Waals surface area contributed by atoms with Crippen LogP contribution >= 0.6 is 0 Å². The molecular weight excluding hydrogens is 378 g/mol. The molecule has 0 heterocycles. The molecule has 0 radical (unpaired) electrons. The summed E-state index contributed by atoms with van der Waals surface area (Å²) in [5.41, 5.74) is 2.53. The average Bonchev–Trinajstić information content (AvgIpc) is 2.71. The molecule has 1 saturated carbocycles. The van der Waals surface area contributed by atoms with E-state index in [0.29, 0.717) is 29.1 Å². The lowest BCUT2D eigenvalue weighted by Crippen LogP contribution is -2.35. The summed E-state index contributed by atoms with van der Waals surface area (Å²) in [7, 11) is 0. The molecule has 1 fully saturated rings. The van der Waals surface area contributed by atoms with Gasteiger partial charge >= 0.3 is 0 Å². The highest BCUT2D eigenvalue weighted by atomic mass is 16.6. The molecular formula is C24H31N3O3. The number of hydrogen-bond donors (Lipinski definition) is 2. The molecule has 6 nitrogen and oxygen atoms in total. The van der Waals surface area contributed by atoms with Gasteiger partial charge in [-0.05, 0) is 54.0 Å². The van der Waals surface area contributed by atoms with Gasteiger partial charge in [0.05, 0.1) is 4.92 Å². The molecule has 0 spiro atoms. The second kappa shape index (κ2) is 9.28. The quantitative estimate of drug-likeness (QED) is 0.439. The number of nitrogens with zero attached hydrogens (tertiary/aromatic N) is 1. The lowest BCUT2D eigenvalue weighted by molar-refractivity contribution is -0.384. The molecule has 2 aromatic rings. The Morgan fingerprint density at radius 3 is 2.43 bits per heavy atom. The highest BCUT2D eigenvalue weighted by Gasteiger charge is 2.29. The van der Waals surface area contributed by atoms with E-state index in [1.807, 2.05) is 24.3 Å². The number of anilines is 2. The van der Waals surface area contributed by atoms with Crippen LogP contribution in [0, 0.1) is 22.0 Å². The second-order valence-electron chi connectivity index (χ2n) is 8.74. The van der Waals surface area contributed by atoms with Crippen LogP contribution in [-0.4, -0.2) is 16.9 Å². The van der Waals surface area contributed by atoms with Gasteiger partial charge < -0.3 is 10.6 Å². The van der Waals surface area contributed by atoms with Crippen LogP contribution in [0.15, 0.2) is 42.5 Å². The largest absolute Gasteiger partial charge is 0.376 e. The fourth-order valence-corrected chi connectivity index (χ4v) is 4.09. The molecule has 0 bridgehead atoms. The van der Waals surface area contributed by atoms with Crippen LogP contribution in [0.4, 0.5) is 17.1 Å². The predicted octanol–water partition coefficient (Wildman–Crippen LogP) is 6.21. The smallest absolute Gasteiger partial charge is 0.293 e. The number of hydrogen-bond acceptors (Lipinski definition) is 4. The van der Waals surface area contributed by atoms with E-state index in [2.05, 4.69) is 38.3 Å². The third-order valence-corrected chi connectivity index (χ3v) is 6.34. The molecule has 3 rings (SSSR count). The minimum absolute atomic E-state index is 0.0665. The van der Waals surface area contributed by atoms with Crippen molar-refractivity contribution >= 4 is 23.0 Å². The van der Waals surface area contributed by atoms with Crippen molar-refractivity contribution in [1.29, 1.82) is 0 Å². The molecule has 1 aliphatic rings. The molecule has 6 heteroatoms. The molecule has 2 N–H and O–H groups in total. The summed E-state index contributed by atoms with van der Waals surface area (Å²) in [4.78, 5) is 23.9. The summed E-state index contributed by atoms with van der Waals surface area (Å²) in [6.45, 7) is 8.64. The van der Waals surface area contributed by atoms with Crippen molar-refractivity contribution in [3.8, 4) is 0 Å². The number of carbonyl (C=O) groups is 1. The Balaban J connectivity index is 1.77. The SMILES string of the molecule is CC(C)c1ccc(NC(=O)c2ccc(N[C@@H]3CCC[C@@H](C)[C@@H]3C)c([N+](=O)[O-])c2)cc1. The summed E-state index contributed by atoms with van der Waals surface area (Å²) in [6, 6.07) is 12.5. The van der Waals surface area contributed by atoms with Crippen molar-refractivity contribution in [2.75, 3.05) is 10.6 Å². The minimum Gasteiger partial charge on any atom is -0.376 e. The zero-order chi connectivity index (χ0) is 21.8. The molecule has 160 valence electrons. The van der Waals surface area contributed by atoms with E-state index < -0.39 is 4.92 Å². The predicted molar refractivity (Wildman–Crippen MR) is 121 cm³/mol. The molecule has 1 amide bonds. The van der Waals surface area contributed by atoms with Crippen LogP contribution < -0.4 is 10.6 Å².